The summed E-state index contributed by atoms with van der Waals surface area (Å²) < 4.78 is 0. The highest BCUT2D eigenvalue weighted by Gasteiger charge is 2.13. The minimum atomic E-state index is -0.762. The Hall–Kier alpha value is -4.66. The van der Waals surface area contributed by atoms with E-state index in [9.17, 15) is 20.0 Å². The van der Waals surface area contributed by atoms with Crippen molar-refractivity contribution >= 4 is 28.7 Å². The summed E-state index contributed by atoms with van der Waals surface area (Å²) in [5.74, 6) is -1.17. The van der Waals surface area contributed by atoms with Crippen LogP contribution >= 0.6 is 0 Å². The van der Waals surface area contributed by atoms with E-state index < -0.39 is 22.3 Å². The molecule has 9 heteroatoms. The predicted octanol–water partition coefficient (Wildman–Crippen LogP) is 3.04. The van der Waals surface area contributed by atoms with Crippen LogP contribution in [0.3, 0.4) is 0 Å². The first-order chi connectivity index (χ1) is 15.0. The molecule has 0 bridgehead atoms. The standard InChI is InChI=1S/C22H15N5O4/c28-21-6-5-14(11-20(21)27(30)31)13-24-26-22(29)17-12-19(15-7-9-23-10-8-15)25-18-4-2-1-3-16(17)18/h1-13,28H,(H,26,29)/p-1/b24-13-. The number of benzene rings is 2. The zero-order chi connectivity index (χ0) is 21.8. The highest BCUT2D eigenvalue weighted by Crippen LogP contribution is 2.25. The van der Waals surface area contributed by atoms with Crippen LogP contribution in [0.5, 0.6) is 5.75 Å². The average molecular weight is 412 g/mol. The molecule has 0 radical (unpaired) electrons. The second kappa shape index (κ2) is 8.37. The molecular weight excluding hydrogens is 398 g/mol. The number of amides is 1. The summed E-state index contributed by atoms with van der Waals surface area (Å²) in [6, 6.07) is 16.1. The lowest BCUT2D eigenvalue weighted by Crippen LogP contribution is -2.18. The van der Waals surface area contributed by atoms with Gasteiger partial charge in [0, 0.05) is 35.0 Å². The number of nitro benzene ring substituents is 1. The van der Waals surface area contributed by atoms with Crippen molar-refractivity contribution in [3.8, 4) is 17.0 Å². The molecular formula is C22H14N5O4-. The van der Waals surface area contributed by atoms with Crippen LogP contribution in [0.25, 0.3) is 22.2 Å². The molecule has 31 heavy (non-hydrogen) atoms. The Morgan fingerprint density at radius 2 is 1.84 bits per heavy atom. The normalized spacial score (nSPS) is 11.0. The van der Waals surface area contributed by atoms with Crippen LogP contribution in [-0.2, 0) is 0 Å². The lowest BCUT2D eigenvalue weighted by Gasteiger charge is -2.09. The van der Waals surface area contributed by atoms with Gasteiger partial charge in [-0.15, -0.1) is 0 Å². The van der Waals surface area contributed by atoms with E-state index in [1.165, 1.54) is 12.3 Å². The highest BCUT2D eigenvalue weighted by molar-refractivity contribution is 6.07. The van der Waals surface area contributed by atoms with E-state index in [1.54, 1.807) is 42.7 Å². The minimum Gasteiger partial charge on any atom is -0.868 e. The van der Waals surface area contributed by atoms with Gasteiger partial charge in [0.2, 0.25) is 0 Å². The van der Waals surface area contributed by atoms with Crippen LogP contribution < -0.4 is 10.5 Å². The maximum Gasteiger partial charge on any atom is 0.272 e. The molecule has 2 heterocycles. The van der Waals surface area contributed by atoms with Gasteiger partial charge in [0.25, 0.3) is 11.6 Å². The number of fused-ring (bicyclic) bond motifs is 1. The van der Waals surface area contributed by atoms with Crippen LogP contribution in [0.4, 0.5) is 5.69 Å². The third-order valence-corrected chi connectivity index (χ3v) is 4.50. The number of carbonyl (C=O) groups excluding carboxylic acids is 1. The average Bonchev–Trinajstić information content (AvgIpc) is 2.79. The Labute approximate surface area is 175 Å². The van der Waals surface area contributed by atoms with Gasteiger partial charge in [-0.1, -0.05) is 30.3 Å². The second-order valence-electron chi connectivity index (χ2n) is 6.49. The fourth-order valence-corrected chi connectivity index (χ4v) is 3.02. The summed E-state index contributed by atoms with van der Waals surface area (Å²) >= 11 is 0. The van der Waals surface area contributed by atoms with Gasteiger partial charge >= 0.3 is 0 Å². The highest BCUT2D eigenvalue weighted by atomic mass is 16.6. The van der Waals surface area contributed by atoms with Gasteiger partial charge in [0.1, 0.15) is 0 Å². The van der Waals surface area contributed by atoms with Gasteiger partial charge in [-0.25, -0.2) is 10.4 Å². The summed E-state index contributed by atoms with van der Waals surface area (Å²) in [6.07, 6.45) is 4.52. The molecule has 0 aliphatic heterocycles. The monoisotopic (exact) mass is 412 g/mol. The predicted molar refractivity (Wildman–Crippen MR) is 113 cm³/mol. The van der Waals surface area contributed by atoms with E-state index in [-0.39, 0.29) is 0 Å². The number of pyridine rings is 2. The van der Waals surface area contributed by atoms with Gasteiger partial charge in [-0.05, 0) is 30.0 Å². The number of rotatable bonds is 5. The number of hydrazone groups is 1. The Bertz CT molecular complexity index is 1320. The van der Waals surface area contributed by atoms with Crippen molar-refractivity contribution in [1.29, 1.82) is 0 Å². The van der Waals surface area contributed by atoms with Gasteiger partial charge < -0.3 is 5.11 Å². The van der Waals surface area contributed by atoms with E-state index in [2.05, 4.69) is 20.5 Å². The number of para-hydroxylation sites is 1. The summed E-state index contributed by atoms with van der Waals surface area (Å²) in [5, 5.41) is 26.9. The van der Waals surface area contributed by atoms with Crippen molar-refractivity contribution in [3.05, 3.63) is 94.3 Å². The maximum atomic E-state index is 12.8. The lowest BCUT2D eigenvalue weighted by atomic mass is 10.0. The molecule has 0 aliphatic rings. The summed E-state index contributed by atoms with van der Waals surface area (Å²) in [6.45, 7) is 0. The zero-order valence-electron chi connectivity index (χ0n) is 15.9. The Morgan fingerprint density at radius 1 is 1.06 bits per heavy atom. The first-order valence-corrected chi connectivity index (χ1v) is 9.12. The van der Waals surface area contributed by atoms with Crippen molar-refractivity contribution in [1.82, 2.24) is 15.4 Å². The van der Waals surface area contributed by atoms with Crippen molar-refractivity contribution in [2.45, 2.75) is 0 Å². The Balaban J connectivity index is 1.64. The number of hydrogen-bond donors (Lipinski definition) is 1. The van der Waals surface area contributed by atoms with E-state index in [4.69, 9.17) is 0 Å². The molecule has 152 valence electrons. The third kappa shape index (κ3) is 4.20. The largest absolute Gasteiger partial charge is 0.868 e. The van der Waals surface area contributed by atoms with E-state index in [0.717, 1.165) is 17.7 Å². The minimum absolute atomic E-state index is 0.309. The number of hydrogen-bond acceptors (Lipinski definition) is 7. The van der Waals surface area contributed by atoms with Crippen molar-refractivity contribution in [3.63, 3.8) is 0 Å². The Kier molecular flexibility index (Phi) is 5.31. The molecule has 0 unspecified atom stereocenters. The van der Waals surface area contributed by atoms with Crippen LogP contribution in [0, 0.1) is 10.1 Å². The quantitative estimate of drug-likeness (QED) is 0.304. The molecule has 1 amide bonds. The van der Waals surface area contributed by atoms with E-state index in [0.29, 0.717) is 27.7 Å². The molecule has 2 aromatic carbocycles. The molecule has 0 aliphatic carbocycles. The molecule has 4 aromatic rings. The number of carbonyl (C=O) groups is 1. The van der Waals surface area contributed by atoms with Crippen molar-refractivity contribution in [2.75, 3.05) is 0 Å². The SMILES string of the molecule is O=C(N/N=C\c1ccc([O-])c([N+](=O)[O-])c1)c1cc(-c2ccncc2)nc2ccccc12. The first-order valence-electron chi connectivity index (χ1n) is 9.12. The topological polar surface area (TPSA) is 133 Å². The summed E-state index contributed by atoms with van der Waals surface area (Å²) in [5.41, 5.74) is 4.61. The van der Waals surface area contributed by atoms with Gasteiger partial charge in [-0.2, -0.15) is 5.10 Å². The molecule has 9 nitrogen and oxygen atoms in total. The molecule has 2 aromatic heterocycles. The van der Waals surface area contributed by atoms with Crippen molar-refractivity contribution < 1.29 is 14.8 Å². The lowest BCUT2D eigenvalue weighted by molar-refractivity contribution is -0.398. The summed E-state index contributed by atoms with van der Waals surface area (Å²) in [7, 11) is 0. The van der Waals surface area contributed by atoms with Crippen LogP contribution in [-0.4, -0.2) is 27.0 Å². The molecule has 1 N–H and O–H groups in total. The number of nitrogens with one attached hydrogen (secondary N) is 1. The molecule has 0 fully saturated rings. The molecule has 0 atom stereocenters. The van der Waals surface area contributed by atoms with Crippen LogP contribution in [0.2, 0.25) is 0 Å². The zero-order valence-corrected chi connectivity index (χ0v) is 15.9. The fraction of sp³-hybridized carbons (Fsp3) is 0. The smallest absolute Gasteiger partial charge is 0.272 e. The van der Waals surface area contributed by atoms with Crippen LogP contribution in [0.1, 0.15) is 15.9 Å². The summed E-state index contributed by atoms with van der Waals surface area (Å²) in [4.78, 5) is 31.6. The number of aromatic nitrogens is 2. The Morgan fingerprint density at radius 3 is 2.61 bits per heavy atom. The van der Waals surface area contributed by atoms with Gasteiger partial charge in [0.15, 0.2) is 0 Å². The number of nitrogens with zero attached hydrogens (tertiary/aromatic N) is 4. The van der Waals surface area contributed by atoms with Crippen molar-refractivity contribution in [2.24, 2.45) is 5.10 Å². The van der Waals surface area contributed by atoms with E-state index in [1.807, 2.05) is 12.1 Å². The van der Waals surface area contributed by atoms with Gasteiger partial charge in [0.05, 0.1) is 27.9 Å². The van der Waals surface area contributed by atoms with Gasteiger partial charge in [-0.3, -0.25) is 19.9 Å². The third-order valence-electron chi connectivity index (χ3n) is 4.50. The number of nitro groups is 1. The van der Waals surface area contributed by atoms with Crippen LogP contribution in [0.15, 0.2) is 78.2 Å². The maximum absolute atomic E-state index is 12.8. The molecule has 4 rings (SSSR count). The molecule has 0 saturated heterocycles. The molecule has 0 spiro atoms. The fourth-order valence-electron chi connectivity index (χ4n) is 3.02. The molecule has 0 saturated carbocycles. The van der Waals surface area contributed by atoms with E-state index >= 15 is 0 Å². The second-order valence-corrected chi connectivity index (χ2v) is 6.49. The first kappa shape index (κ1) is 19.6.